The Hall–Kier alpha value is -3.39. The van der Waals surface area contributed by atoms with Gasteiger partial charge in [0.05, 0.1) is 0 Å². The van der Waals surface area contributed by atoms with E-state index in [0.29, 0.717) is 12.4 Å². The average Bonchev–Trinajstić information content (AvgIpc) is 3.37. The number of fused-ring (bicyclic) bond motifs is 3. The molecule has 6 rings (SSSR count). The standard InChI is InChI=1S/C11H12O.C11H12.C10H10O.CH4/c1-8-5-6-9-3-2-4-11(12)10(9)7-8;1-8-3-5-10-6-4-9(2)11(10)7-8;1-7-3-4-10-9(5-7)8(2)6-11-10;/h5-7H,2-4H2,1H3;3,5,7H,2,4,6H2,1H3;3-5H,2,6H2,1H3;1H4. The molecule has 3 aliphatic rings. The second kappa shape index (κ2) is 11.4. The molecule has 0 spiro atoms. The van der Waals surface area contributed by atoms with E-state index >= 15 is 0 Å². The Morgan fingerprint density at radius 3 is 1.91 bits per heavy atom. The van der Waals surface area contributed by atoms with Gasteiger partial charge in [0.2, 0.25) is 0 Å². The van der Waals surface area contributed by atoms with Crippen LogP contribution in [0.3, 0.4) is 0 Å². The topological polar surface area (TPSA) is 26.3 Å². The van der Waals surface area contributed by atoms with E-state index in [-0.39, 0.29) is 7.43 Å². The Bertz CT molecular complexity index is 1200. The molecule has 0 fully saturated rings. The van der Waals surface area contributed by atoms with Gasteiger partial charge < -0.3 is 4.74 Å². The van der Waals surface area contributed by atoms with Gasteiger partial charge in [0.1, 0.15) is 12.4 Å². The number of allylic oxidation sites excluding steroid dienone is 1. The van der Waals surface area contributed by atoms with E-state index in [9.17, 15) is 4.79 Å². The molecular weight excluding hydrogens is 428 g/mol. The van der Waals surface area contributed by atoms with Crippen molar-refractivity contribution >= 4 is 16.9 Å². The summed E-state index contributed by atoms with van der Waals surface area (Å²) in [7, 11) is 0. The minimum Gasteiger partial charge on any atom is -0.488 e. The maximum Gasteiger partial charge on any atom is 0.163 e. The first-order chi connectivity index (χ1) is 16.3. The zero-order chi connectivity index (χ0) is 24.2. The largest absolute Gasteiger partial charge is 0.488 e. The minimum absolute atomic E-state index is 0. The number of Topliss-reactive ketones (excluding diaryl/α,β-unsaturated/α-hetero) is 1. The number of hydrogen-bond acceptors (Lipinski definition) is 2. The molecular formula is C33H38O2. The summed E-state index contributed by atoms with van der Waals surface area (Å²) in [5, 5.41) is 0. The third-order valence-electron chi connectivity index (χ3n) is 6.68. The normalized spacial score (nSPS) is 14.8. The van der Waals surface area contributed by atoms with Crippen molar-refractivity contribution < 1.29 is 9.53 Å². The third kappa shape index (κ3) is 6.19. The summed E-state index contributed by atoms with van der Waals surface area (Å²) in [6, 6.07) is 19.0. The molecule has 1 aliphatic heterocycles. The average molecular weight is 467 g/mol. The van der Waals surface area contributed by atoms with Gasteiger partial charge >= 0.3 is 0 Å². The van der Waals surface area contributed by atoms with E-state index in [2.05, 4.69) is 69.5 Å². The van der Waals surface area contributed by atoms with E-state index in [1.54, 1.807) is 0 Å². The lowest BCUT2D eigenvalue weighted by Gasteiger charge is -2.14. The van der Waals surface area contributed by atoms with Crippen molar-refractivity contribution in [1.82, 2.24) is 0 Å². The van der Waals surface area contributed by atoms with Crippen LogP contribution in [0.1, 0.15) is 76.0 Å². The minimum atomic E-state index is 0. The van der Waals surface area contributed by atoms with Crippen molar-refractivity contribution in [2.24, 2.45) is 0 Å². The van der Waals surface area contributed by atoms with E-state index in [1.165, 1.54) is 50.9 Å². The van der Waals surface area contributed by atoms with Crippen LogP contribution in [0, 0.1) is 20.8 Å². The summed E-state index contributed by atoms with van der Waals surface area (Å²) in [6.07, 6.45) is 5.17. The molecule has 0 unspecified atom stereocenters. The summed E-state index contributed by atoms with van der Waals surface area (Å²) < 4.78 is 5.37. The Morgan fingerprint density at radius 1 is 0.657 bits per heavy atom. The van der Waals surface area contributed by atoms with Crippen LogP contribution in [0.2, 0.25) is 0 Å². The predicted molar refractivity (Wildman–Crippen MR) is 149 cm³/mol. The van der Waals surface area contributed by atoms with Crippen LogP contribution in [0.15, 0.2) is 67.8 Å². The lowest BCUT2D eigenvalue weighted by Crippen LogP contribution is -2.10. The van der Waals surface area contributed by atoms with Crippen molar-refractivity contribution in [2.75, 3.05) is 6.61 Å². The number of carbonyl (C=O) groups excluding carboxylic acids is 1. The molecule has 3 aromatic carbocycles. The van der Waals surface area contributed by atoms with Gasteiger partial charge in [0.15, 0.2) is 5.78 Å². The Labute approximate surface area is 211 Å². The van der Waals surface area contributed by atoms with Crippen LogP contribution in [0.4, 0.5) is 0 Å². The van der Waals surface area contributed by atoms with Crippen molar-refractivity contribution in [1.29, 1.82) is 0 Å². The van der Waals surface area contributed by atoms with E-state index < -0.39 is 0 Å². The second-order valence-corrected chi connectivity index (χ2v) is 9.59. The van der Waals surface area contributed by atoms with Crippen LogP contribution in [-0.4, -0.2) is 12.4 Å². The van der Waals surface area contributed by atoms with Crippen molar-refractivity contribution in [3.05, 3.63) is 112 Å². The lowest BCUT2D eigenvalue weighted by atomic mass is 9.90. The molecule has 2 aliphatic carbocycles. The molecule has 0 radical (unpaired) electrons. The van der Waals surface area contributed by atoms with Crippen LogP contribution < -0.4 is 4.74 Å². The van der Waals surface area contributed by atoms with Crippen LogP contribution in [0.5, 0.6) is 5.75 Å². The van der Waals surface area contributed by atoms with Crippen molar-refractivity contribution in [3.63, 3.8) is 0 Å². The monoisotopic (exact) mass is 466 g/mol. The van der Waals surface area contributed by atoms with Gasteiger partial charge in [0.25, 0.3) is 0 Å². The SMILES string of the molecule is C.C=C1CCc2ccc(C)cc21.C=C1COc2ccc(C)cc21.Cc1ccc2c(c1)C(=O)CCC2. The summed E-state index contributed by atoms with van der Waals surface area (Å²) in [4.78, 5) is 11.4. The van der Waals surface area contributed by atoms with E-state index in [4.69, 9.17) is 4.74 Å². The zero-order valence-corrected chi connectivity index (χ0v) is 20.7. The molecule has 1 heterocycles. The van der Waals surface area contributed by atoms with Crippen molar-refractivity contribution in [3.8, 4) is 5.75 Å². The first kappa shape index (κ1) is 26.2. The van der Waals surface area contributed by atoms with E-state index in [1.807, 2.05) is 19.1 Å². The van der Waals surface area contributed by atoms with Crippen molar-refractivity contribution in [2.45, 2.75) is 60.3 Å². The highest BCUT2D eigenvalue weighted by molar-refractivity contribution is 5.98. The van der Waals surface area contributed by atoms with Gasteiger partial charge in [-0.25, -0.2) is 0 Å². The van der Waals surface area contributed by atoms with Crippen LogP contribution in [0.25, 0.3) is 11.1 Å². The lowest BCUT2D eigenvalue weighted by molar-refractivity contribution is 0.0972. The molecule has 3 aromatic rings. The number of rotatable bonds is 0. The molecule has 2 heteroatoms. The quantitative estimate of drug-likeness (QED) is 0.332. The smallest absolute Gasteiger partial charge is 0.163 e. The zero-order valence-electron chi connectivity index (χ0n) is 20.7. The number of aryl methyl sites for hydroxylation is 5. The fourth-order valence-corrected chi connectivity index (χ4v) is 4.69. The van der Waals surface area contributed by atoms with Gasteiger partial charge in [0, 0.05) is 17.5 Å². The molecule has 0 N–H and O–H groups in total. The van der Waals surface area contributed by atoms with Crippen LogP contribution >= 0.6 is 0 Å². The highest BCUT2D eigenvalue weighted by atomic mass is 16.5. The van der Waals surface area contributed by atoms with E-state index in [0.717, 1.165) is 42.6 Å². The molecule has 0 aromatic heterocycles. The highest BCUT2D eigenvalue weighted by Gasteiger charge is 2.16. The number of hydrogen-bond donors (Lipinski definition) is 0. The predicted octanol–water partition coefficient (Wildman–Crippen LogP) is 8.51. The van der Waals surface area contributed by atoms with Gasteiger partial charge in [-0.3, -0.25) is 4.79 Å². The summed E-state index contributed by atoms with van der Waals surface area (Å²) in [6.45, 7) is 14.8. The maximum atomic E-state index is 11.4. The Kier molecular flexibility index (Phi) is 8.51. The Morgan fingerprint density at radius 2 is 1.23 bits per heavy atom. The van der Waals surface area contributed by atoms with Gasteiger partial charge in [-0.2, -0.15) is 0 Å². The molecule has 0 amide bonds. The number of carbonyl (C=O) groups is 1. The summed E-state index contributed by atoms with van der Waals surface area (Å²) in [5.74, 6) is 1.29. The summed E-state index contributed by atoms with van der Waals surface area (Å²) >= 11 is 0. The molecule has 35 heavy (non-hydrogen) atoms. The van der Waals surface area contributed by atoms with Gasteiger partial charge in [-0.1, -0.05) is 73.7 Å². The molecule has 0 saturated carbocycles. The maximum absolute atomic E-state index is 11.4. The highest BCUT2D eigenvalue weighted by Crippen LogP contribution is 2.32. The molecule has 2 nitrogen and oxygen atoms in total. The number of benzene rings is 3. The fraction of sp³-hybridized carbons (Fsp3) is 0.303. The fourth-order valence-electron chi connectivity index (χ4n) is 4.69. The Balaban J connectivity index is 0.000000145. The second-order valence-electron chi connectivity index (χ2n) is 9.59. The molecule has 0 saturated heterocycles. The van der Waals surface area contributed by atoms with Crippen LogP contribution in [-0.2, 0) is 12.8 Å². The number of ketones is 1. The summed E-state index contributed by atoms with van der Waals surface area (Å²) in [5.41, 5.74) is 12.4. The first-order valence-electron chi connectivity index (χ1n) is 12.1. The first-order valence-corrected chi connectivity index (χ1v) is 12.1. The number of ether oxygens (including phenoxy) is 1. The molecule has 182 valence electrons. The molecule has 0 bridgehead atoms. The van der Waals surface area contributed by atoms with Gasteiger partial charge in [-0.15, -0.1) is 0 Å². The van der Waals surface area contributed by atoms with Gasteiger partial charge in [-0.05, 0) is 92.5 Å². The molecule has 0 atom stereocenters. The third-order valence-corrected chi connectivity index (χ3v) is 6.68.